The highest BCUT2D eigenvalue weighted by Gasteiger charge is 2.57. The van der Waals surface area contributed by atoms with Crippen molar-refractivity contribution < 1.29 is 14.0 Å². The second kappa shape index (κ2) is 7.30. The highest BCUT2D eigenvalue weighted by Crippen LogP contribution is 2.48. The molecule has 2 aliphatic carbocycles. The summed E-state index contributed by atoms with van der Waals surface area (Å²) < 4.78 is 5.46. The van der Waals surface area contributed by atoms with E-state index in [9.17, 15) is 9.59 Å². The number of carbonyl (C=O) groups excluding carboxylic acids is 2. The molecule has 3 aromatic rings. The molecule has 1 saturated heterocycles. The molecule has 178 valence electrons. The third-order valence-electron chi connectivity index (χ3n) is 8.40. The Balaban J connectivity index is 1.11. The summed E-state index contributed by atoms with van der Waals surface area (Å²) in [7, 11) is 0. The van der Waals surface area contributed by atoms with Gasteiger partial charge >= 0.3 is 0 Å². The first kappa shape index (κ1) is 20.9. The fraction of sp³-hybridized carbons (Fsp3) is 0.414. The van der Waals surface area contributed by atoms with Crippen LogP contribution in [-0.2, 0) is 9.59 Å². The molecule has 1 aromatic heterocycles. The molecule has 2 aromatic carbocycles. The first-order chi connectivity index (χ1) is 16.9. The van der Waals surface area contributed by atoms with Gasteiger partial charge in [0, 0.05) is 36.0 Å². The molecule has 1 atom stereocenters. The average molecular weight is 468 g/mol. The van der Waals surface area contributed by atoms with E-state index in [4.69, 9.17) is 9.41 Å². The Morgan fingerprint density at radius 1 is 1.03 bits per heavy atom. The van der Waals surface area contributed by atoms with E-state index in [0.717, 1.165) is 78.7 Å². The monoisotopic (exact) mass is 467 g/mol. The minimum absolute atomic E-state index is 0.132. The molecule has 6 nitrogen and oxygen atoms in total. The number of amides is 2. The molecule has 2 aliphatic heterocycles. The first-order valence-electron chi connectivity index (χ1n) is 12.7. The summed E-state index contributed by atoms with van der Waals surface area (Å²) in [4.78, 5) is 35.0. The lowest BCUT2D eigenvalue weighted by Gasteiger charge is -2.24. The van der Waals surface area contributed by atoms with Gasteiger partial charge in [0.15, 0.2) is 0 Å². The van der Waals surface area contributed by atoms with E-state index < -0.39 is 5.54 Å². The van der Waals surface area contributed by atoms with E-state index in [1.54, 1.807) is 6.26 Å². The van der Waals surface area contributed by atoms with Crippen molar-refractivity contribution in [3.05, 3.63) is 60.4 Å². The van der Waals surface area contributed by atoms with Crippen LogP contribution in [0.15, 0.2) is 64.2 Å². The van der Waals surface area contributed by atoms with Crippen LogP contribution in [0.25, 0.3) is 22.1 Å². The zero-order valence-electron chi connectivity index (χ0n) is 20.0. The SMILES string of the molecule is CC1(C(=O)N2CC[C@@H](CN3C(=O)C4(CC4)N=C3c3ccc(-c4ccc5occc5c4)cc3)C2)CC1. The number of rotatable bonds is 5. The summed E-state index contributed by atoms with van der Waals surface area (Å²) in [6.45, 7) is 4.26. The average Bonchev–Trinajstić information content (AvgIpc) is 3.66. The Bertz CT molecular complexity index is 1380. The molecule has 4 aliphatic rings. The fourth-order valence-electron chi connectivity index (χ4n) is 5.66. The number of aliphatic imine (C=N–C) groups is 1. The largest absolute Gasteiger partial charge is 0.464 e. The van der Waals surface area contributed by atoms with Gasteiger partial charge in [-0.3, -0.25) is 19.5 Å². The number of likely N-dealkylation sites (tertiary alicyclic amines) is 1. The molecular weight excluding hydrogens is 438 g/mol. The molecule has 1 spiro atoms. The van der Waals surface area contributed by atoms with Gasteiger partial charge in [-0.05, 0) is 67.3 Å². The van der Waals surface area contributed by atoms with Gasteiger partial charge in [-0.25, -0.2) is 0 Å². The summed E-state index contributed by atoms with van der Waals surface area (Å²) in [5.74, 6) is 1.53. The van der Waals surface area contributed by atoms with Crippen molar-refractivity contribution in [1.82, 2.24) is 9.80 Å². The first-order valence-corrected chi connectivity index (χ1v) is 12.7. The van der Waals surface area contributed by atoms with Crippen molar-refractivity contribution >= 4 is 28.6 Å². The van der Waals surface area contributed by atoms with E-state index in [2.05, 4.69) is 43.3 Å². The lowest BCUT2D eigenvalue weighted by molar-refractivity contribution is -0.135. The van der Waals surface area contributed by atoms with Crippen molar-refractivity contribution in [2.45, 2.75) is 44.6 Å². The Morgan fingerprint density at radius 2 is 1.77 bits per heavy atom. The van der Waals surface area contributed by atoms with E-state index in [-0.39, 0.29) is 11.3 Å². The number of furan rings is 1. The minimum Gasteiger partial charge on any atom is -0.464 e. The van der Waals surface area contributed by atoms with E-state index in [0.29, 0.717) is 18.4 Å². The number of nitrogens with zero attached hydrogens (tertiary/aromatic N) is 3. The summed E-state index contributed by atoms with van der Waals surface area (Å²) in [5.41, 5.74) is 3.45. The Hall–Kier alpha value is -3.41. The second-order valence-electron chi connectivity index (χ2n) is 11.1. The quantitative estimate of drug-likeness (QED) is 0.538. The maximum atomic E-state index is 13.4. The molecule has 0 N–H and O–H groups in total. The van der Waals surface area contributed by atoms with Gasteiger partial charge in [0.2, 0.25) is 5.91 Å². The highest BCUT2D eigenvalue weighted by atomic mass is 16.3. The number of hydrogen-bond acceptors (Lipinski definition) is 4. The molecule has 2 saturated carbocycles. The number of fused-ring (bicyclic) bond motifs is 1. The standard InChI is InChI=1S/C29H29N3O3/c1-28(10-11-28)26(33)31-14-8-19(17-31)18-32-25(30-29(12-13-29)27(32)34)21-4-2-20(3-5-21)22-6-7-24-23(16-22)9-15-35-24/h2-7,9,15-16,19H,8,10-14,17-18H2,1H3/t19-/m1/s1. The molecule has 0 bridgehead atoms. The Morgan fingerprint density at radius 3 is 2.51 bits per heavy atom. The Labute approximate surface area is 204 Å². The van der Waals surface area contributed by atoms with E-state index in [1.165, 1.54) is 0 Å². The van der Waals surface area contributed by atoms with E-state index >= 15 is 0 Å². The molecule has 0 unspecified atom stereocenters. The van der Waals surface area contributed by atoms with Gasteiger partial charge in [0.25, 0.3) is 5.91 Å². The predicted octanol–water partition coefficient (Wildman–Crippen LogP) is 4.87. The van der Waals surface area contributed by atoms with Gasteiger partial charge in [-0.2, -0.15) is 0 Å². The highest BCUT2D eigenvalue weighted by molar-refractivity contribution is 6.16. The minimum atomic E-state index is -0.532. The van der Waals surface area contributed by atoms with Gasteiger partial charge in [0.05, 0.1) is 6.26 Å². The van der Waals surface area contributed by atoms with Crippen LogP contribution in [0, 0.1) is 11.3 Å². The smallest absolute Gasteiger partial charge is 0.256 e. The maximum Gasteiger partial charge on any atom is 0.256 e. The Kier molecular flexibility index (Phi) is 4.36. The van der Waals surface area contributed by atoms with Gasteiger partial charge in [-0.1, -0.05) is 37.3 Å². The molecule has 35 heavy (non-hydrogen) atoms. The topological polar surface area (TPSA) is 66.1 Å². The number of amidine groups is 1. The summed E-state index contributed by atoms with van der Waals surface area (Å²) >= 11 is 0. The van der Waals surface area contributed by atoms with Crippen molar-refractivity contribution in [1.29, 1.82) is 0 Å². The van der Waals surface area contributed by atoms with Crippen molar-refractivity contribution in [3.63, 3.8) is 0 Å². The van der Waals surface area contributed by atoms with Crippen LogP contribution in [-0.4, -0.2) is 52.6 Å². The number of hydrogen-bond donors (Lipinski definition) is 0. The van der Waals surface area contributed by atoms with Crippen LogP contribution in [0.2, 0.25) is 0 Å². The summed E-state index contributed by atoms with van der Waals surface area (Å²) in [6, 6.07) is 16.5. The zero-order chi connectivity index (χ0) is 23.8. The predicted molar refractivity (Wildman–Crippen MR) is 134 cm³/mol. The second-order valence-corrected chi connectivity index (χ2v) is 11.1. The van der Waals surface area contributed by atoms with Crippen LogP contribution in [0.3, 0.4) is 0 Å². The molecular formula is C29H29N3O3. The van der Waals surface area contributed by atoms with Crippen LogP contribution in [0.5, 0.6) is 0 Å². The number of benzene rings is 2. The molecule has 3 heterocycles. The van der Waals surface area contributed by atoms with Crippen LogP contribution in [0.4, 0.5) is 0 Å². The van der Waals surface area contributed by atoms with Gasteiger partial charge < -0.3 is 9.32 Å². The van der Waals surface area contributed by atoms with Crippen LogP contribution < -0.4 is 0 Å². The summed E-state index contributed by atoms with van der Waals surface area (Å²) in [6.07, 6.45) is 6.33. The van der Waals surface area contributed by atoms with Crippen LogP contribution in [0.1, 0.15) is 44.6 Å². The van der Waals surface area contributed by atoms with Gasteiger partial charge in [0.1, 0.15) is 17.0 Å². The molecule has 0 radical (unpaired) electrons. The van der Waals surface area contributed by atoms with E-state index in [1.807, 2.05) is 21.9 Å². The third-order valence-corrected chi connectivity index (χ3v) is 8.40. The third kappa shape index (κ3) is 3.41. The lowest BCUT2D eigenvalue weighted by Crippen LogP contribution is -2.41. The lowest BCUT2D eigenvalue weighted by atomic mass is 10.0. The maximum absolute atomic E-state index is 13.4. The van der Waals surface area contributed by atoms with Gasteiger partial charge in [-0.15, -0.1) is 0 Å². The molecule has 2 amide bonds. The normalized spacial score (nSPS) is 23.9. The fourth-order valence-corrected chi connectivity index (χ4v) is 5.66. The van der Waals surface area contributed by atoms with Crippen molar-refractivity contribution in [3.8, 4) is 11.1 Å². The number of carbonyl (C=O) groups is 2. The summed E-state index contributed by atoms with van der Waals surface area (Å²) in [5, 5.41) is 1.08. The van der Waals surface area contributed by atoms with Crippen molar-refractivity contribution in [2.24, 2.45) is 16.3 Å². The molecule has 7 rings (SSSR count). The van der Waals surface area contributed by atoms with Crippen LogP contribution >= 0.6 is 0 Å². The molecule has 3 fully saturated rings. The van der Waals surface area contributed by atoms with Crippen molar-refractivity contribution in [2.75, 3.05) is 19.6 Å². The zero-order valence-corrected chi connectivity index (χ0v) is 20.0. The molecule has 6 heteroatoms.